The van der Waals surface area contributed by atoms with Crippen LogP contribution in [0.15, 0.2) is 45.3 Å². The predicted octanol–water partition coefficient (Wildman–Crippen LogP) is 5.43. The van der Waals surface area contributed by atoms with E-state index < -0.39 is 0 Å². The van der Waals surface area contributed by atoms with Crippen molar-refractivity contribution in [2.24, 2.45) is 0 Å². The Balaban J connectivity index is 2.32. The molecule has 3 aromatic rings. The molecule has 0 N–H and O–H groups in total. The molecular formula is C14H8Br2ClFN2. The van der Waals surface area contributed by atoms with Crippen molar-refractivity contribution in [3.63, 3.8) is 0 Å². The van der Waals surface area contributed by atoms with E-state index >= 15 is 0 Å². The lowest BCUT2D eigenvalue weighted by atomic mass is 10.2. The van der Waals surface area contributed by atoms with E-state index in [-0.39, 0.29) is 11.7 Å². The third kappa shape index (κ3) is 2.38. The van der Waals surface area contributed by atoms with E-state index in [4.69, 9.17) is 11.6 Å². The van der Waals surface area contributed by atoms with Crippen LogP contribution >= 0.6 is 43.5 Å². The molecule has 0 saturated heterocycles. The molecule has 6 heteroatoms. The summed E-state index contributed by atoms with van der Waals surface area (Å²) in [6.07, 6.45) is 0. The molecule has 2 aromatic carbocycles. The number of hydrogen-bond acceptors (Lipinski definition) is 1. The van der Waals surface area contributed by atoms with Gasteiger partial charge in [-0.05, 0) is 46.3 Å². The van der Waals surface area contributed by atoms with Gasteiger partial charge in [0.2, 0.25) is 0 Å². The first-order valence-electron chi connectivity index (χ1n) is 5.78. The Morgan fingerprint density at radius 1 is 1.15 bits per heavy atom. The molecule has 102 valence electrons. The molecule has 0 aliphatic rings. The number of benzene rings is 2. The SMILES string of the molecule is Fc1cc2nc(CCl)n(-c3ccc(Br)cc3)c2cc1Br. The van der Waals surface area contributed by atoms with Crippen molar-refractivity contribution >= 4 is 54.5 Å². The maximum atomic E-state index is 13.6. The fourth-order valence-electron chi connectivity index (χ4n) is 2.09. The maximum Gasteiger partial charge on any atom is 0.139 e. The van der Waals surface area contributed by atoms with Crippen LogP contribution in [0.5, 0.6) is 0 Å². The maximum absolute atomic E-state index is 13.6. The molecule has 0 unspecified atom stereocenters. The summed E-state index contributed by atoms with van der Waals surface area (Å²) in [4.78, 5) is 4.39. The molecule has 0 bridgehead atoms. The van der Waals surface area contributed by atoms with Gasteiger partial charge in [-0.2, -0.15) is 0 Å². The standard InChI is InChI=1S/C14H8Br2ClFN2/c15-8-1-3-9(4-2-8)20-13-5-10(16)11(18)6-12(13)19-14(20)7-17/h1-6H,7H2. The molecule has 0 atom stereocenters. The molecule has 0 radical (unpaired) electrons. The average Bonchev–Trinajstić information content (AvgIpc) is 2.78. The second-order valence-corrected chi connectivity index (χ2v) is 6.27. The number of imidazole rings is 1. The number of halogens is 4. The minimum Gasteiger partial charge on any atom is -0.295 e. The Morgan fingerprint density at radius 2 is 1.85 bits per heavy atom. The smallest absolute Gasteiger partial charge is 0.139 e. The van der Waals surface area contributed by atoms with Gasteiger partial charge in [-0.3, -0.25) is 4.57 Å². The van der Waals surface area contributed by atoms with Crippen LogP contribution in [0.4, 0.5) is 4.39 Å². The molecule has 1 aromatic heterocycles. The van der Waals surface area contributed by atoms with Gasteiger partial charge in [0.15, 0.2) is 0 Å². The third-order valence-corrected chi connectivity index (χ3v) is 4.35. The number of nitrogens with zero attached hydrogens (tertiary/aromatic N) is 2. The lowest BCUT2D eigenvalue weighted by Crippen LogP contribution is -1.99. The van der Waals surface area contributed by atoms with Gasteiger partial charge in [-0.1, -0.05) is 15.9 Å². The monoisotopic (exact) mass is 416 g/mol. The quantitative estimate of drug-likeness (QED) is 0.508. The Kier molecular flexibility index (Phi) is 3.84. The van der Waals surface area contributed by atoms with Crippen LogP contribution in [0.3, 0.4) is 0 Å². The van der Waals surface area contributed by atoms with E-state index in [1.54, 1.807) is 6.07 Å². The molecule has 20 heavy (non-hydrogen) atoms. The van der Waals surface area contributed by atoms with Gasteiger partial charge in [0, 0.05) is 16.2 Å². The van der Waals surface area contributed by atoms with Crippen LogP contribution in [0.25, 0.3) is 16.7 Å². The molecule has 0 saturated carbocycles. The van der Waals surface area contributed by atoms with Gasteiger partial charge in [0.05, 0.1) is 21.4 Å². The van der Waals surface area contributed by atoms with Crippen LogP contribution in [0, 0.1) is 5.82 Å². The molecular weight excluding hydrogens is 410 g/mol. The van der Waals surface area contributed by atoms with Crippen molar-refractivity contribution < 1.29 is 4.39 Å². The zero-order valence-corrected chi connectivity index (χ0v) is 14.0. The lowest BCUT2D eigenvalue weighted by molar-refractivity contribution is 0.623. The lowest BCUT2D eigenvalue weighted by Gasteiger charge is -2.08. The van der Waals surface area contributed by atoms with Crippen LogP contribution in [0.2, 0.25) is 0 Å². The Bertz CT molecular complexity index is 784. The van der Waals surface area contributed by atoms with Crippen LogP contribution in [0.1, 0.15) is 5.82 Å². The van der Waals surface area contributed by atoms with Gasteiger partial charge >= 0.3 is 0 Å². The first kappa shape index (κ1) is 14.0. The highest BCUT2D eigenvalue weighted by Crippen LogP contribution is 2.28. The summed E-state index contributed by atoms with van der Waals surface area (Å²) in [6.45, 7) is 0. The van der Waals surface area contributed by atoms with Crippen molar-refractivity contribution in [1.29, 1.82) is 0 Å². The topological polar surface area (TPSA) is 17.8 Å². The van der Waals surface area contributed by atoms with E-state index in [1.165, 1.54) is 6.07 Å². The van der Waals surface area contributed by atoms with Gasteiger partial charge in [0.1, 0.15) is 11.6 Å². The van der Waals surface area contributed by atoms with E-state index in [9.17, 15) is 4.39 Å². The normalized spacial score (nSPS) is 11.2. The molecule has 2 nitrogen and oxygen atoms in total. The summed E-state index contributed by atoms with van der Waals surface area (Å²) in [5, 5.41) is 0. The van der Waals surface area contributed by atoms with Gasteiger partial charge < -0.3 is 0 Å². The number of rotatable bonds is 2. The zero-order valence-electron chi connectivity index (χ0n) is 10.1. The summed E-state index contributed by atoms with van der Waals surface area (Å²) in [7, 11) is 0. The van der Waals surface area contributed by atoms with Crippen molar-refractivity contribution in [1.82, 2.24) is 9.55 Å². The van der Waals surface area contributed by atoms with Crippen LogP contribution in [-0.4, -0.2) is 9.55 Å². The molecule has 3 rings (SSSR count). The second-order valence-electron chi connectivity index (χ2n) is 4.23. The van der Waals surface area contributed by atoms with E-state index in [0.717, 1.165) is 15.7 Å². The number of aromatic nitrogens is 2. The predicted molar refractivity (Wildman–Crippen MR) is 86.0 cm³/mol. The largest absolute Gasteiger partial charge is 0.295 e. The number of fused-ring (bicyclic) bond motifs is 1. The summed E-state index contributed by atoms with van der Waals surface area (Å²) < 4.78 is 16.9. The molecule has 0 amide bonds. The first-order valence-corrected chi connectivity index (χ1v) is 7.90. The molecule has 0 aliphatic carbocycles. The van der Waals surface area contributed by atoms with Gasteiger partial charge in [0.25, 0.3) is 0 Å². The Hall–Kier alpha value is -0.910. The highest BCUT2D eigenvalue weighted by Gasteiger charge is 2.14. The van der Waals surface area contributed by atoms with Crippen molar-refractivity contribution in [2.45, 2.75) is 5.88 Å². The van der Waals surface area contributed by atoms with Crippen molar-refractivity contribution in [3.05, 3.63) is 57.0 Å². The number of hydrogen-bond donors (Lipinski definition) is 0. The molecule has 0 fully saturated rings. The third-order valence-electron chi connectivity index (χ3n) is 2.97. The summed E-state index contributed by atoms with van der Waals surface area (Å²) in [6, 6.07) is 10.9. The molecule has 0 aliphatic heterocycles. The van der Waals surface area contributed by atoms with E-state index in [2.05, 4.69) is 36.8 Å². The fourth-order valence-corrected chi connectivity index (χ4v) is 2.87. The second kappa shape index (κ2) is 5.47. The summed E-state index contributed by atoms with van der Waals surface area (Å²) in [5.41, 5.74) is 2.34. The number of alkyl halides is 1. The highest BCUT2D eigenvalue weighted by atomic mass is 79.9. The minimum absolute atomic E-state index is 0.254. The summed E-state index contributed by atoms with van der Waals surface area (Å²) >= 11 is 12.6. The minimum atomic E-state index is -0.334. The Labute approximate surface area is 136 Å². The first-order chi connectivity index (χ1) is 9.60. The highest BCUT2D eigenvalue weighted by molar-refractivity contribution is 9.10. The average molecular weight is 418 g/mol. The van der Waals surface area contributed by atoms with Crippen molar-refractivity contribution in [3.8, 4) is 5.69 Å². The summed E-state index contributed by atoms with van der Waals surface area (Å²) in [5.74, 6) is 0.602. The Morgan fingerprint density at radius 3 is 2.50 bits per heavy atom. The van der Waals surface area contributed by atoms with Gasteiger partial charge in [-0.15, -0.1) is 11.6 Å². The van der Waals surface area contributed by atoms with Crippen molar-refractivity contribution in [2.75, 3.05) is 0 Å². The fraction of sp³-hybridized carbons (Fsp3) is 0.0714. The van der Waals surface area contributed by atoms with Gasteiger partial charge in [-0.25, -0.2) is 9.37 Å². The van der Waals surface area contributed by atoms with E-state index in [1.807, 2.05) is 28.8 Å². The molecule has 1 heterocycles. The van der Waals surface area contributed by atoms with Crippen LogP contribution < -0.4 is 0 Å². The van der Waals surface area contributed by atoms with E-state index in [0.29, 0.717) is 15.8 Å². The zero-order chi connectivity index (χ0) is 14.3. The van der Waals surface area contributed by atoms with Crippen LogP contribution in [-0.2, 0) is 5.88 Å². The molecule has 0 spiro atoms.